The highest BCUT2D eigenvalue weighted by Crippen LogP contribution is 2.26. The van der Waals surface area contributed by atoms with Crippen molar-refractivity contribution in [3.05, 3.63) is 177 Å². The van der Waals surface area contributed by atoms with E-state index in [1.807, 2.05) is 95.8 Å². The maximum absolute atomic E-state index is 13.8. The van der Waals surface area contributed by atoms with Crippen LogP contribution >= 0.6 is 0 Å². The van der Waals surface area contributed by atoms with E-state index in [0.717, 1.165) is 33.5 Å². The van der Waals surface area contributed by atoms with Crippen molar-refractivity contribution in [2.24, 2.45) is 0 Å². The Labute approximate surface area is 284 Å². The molecule has 0 bridgehead atoms. The molecule has 4 aromatic carbocycles. The van der Waals surface area contributed by atoms with E-state index in [2.05, 4.69) is 49.5 Å². The molecule has 0 radical (unpaired) electrons. The summed E-state index contributed by atoms with van der Waals surface area (Å²) in [5.74, 6) is 0.0179. The van der Waals surface area contributed by atoms with Crippen LogP contribution in [0.2, 0.25) is 0 Å². The van der Waals surface area contributed by atoms with Crippen molar-refractivity contribution in [3.63, 3.8) is 0 Å². The number of amides is 1. The molecular weight excluding hydrogens is 608 g/mol. The van der Waals surface area contributed by atoms with Gasteiger partial charge in [-0.15, -0.1) is 0 Å². The number of aryl methyl sites for hydroxylation is 2. The van der Waals surface area contributed by atoms with Crippen LogP contribution in [-0.4, -0.2) is 29.8 Å². The van der Waals surface area contributed by atoms with Crippen LogP contribution in [0.15, 0.2) is 138 Å². The van der Waals surface area contributed by atoms with Crippen LogP contribution < -0.4 is 11.0 Å². The lowest BCUT2D eigenvalue weighted by Gasteiger charge is -2.06. The molecule has 7 rings (SSSR count). The van der Waals surface area contributed by atoms with E-state index < -0.39 is 0 Å². The van der Waals surface area contributed by atoms with Crippen molar-refractivity contribution in [1.82, 2.24) is 23.9 Å². The zero-order valence-electron chi connectivity index (χ0n) is 27.5. The van der Waals surface area contributed by atoms with Crippen molar-refractivity contribution in [2.75, 3.05) is 5.32 Å². The molecule has 0 saturated heterocycles. The van der Waals surface area contributed by atoms with Gasteiger partial charge in [-0.1, -0.05) is 103 Å². The molecule has 0 saturated carbocycles. The van der Waals surface area contributed by atoms with Crippen LogP contribution in [0.1, 0.15) is 33.4 Å². The molecular formula is C41H36N6O2. The van der Waals surface area contributed by atoms with Gasteiger partial charge in [0.1, 0.15) is 5.82 Å². The fourth-order valence-electron chi connectivity index (χ4n) is 5.94. The van der Waals surface area contributed by atoms with E-state index >= 15 is 0 Å². The summed E-state index contributed by atoms with van der Waals surface area (Å²) in [5.41, 5.74) is 9.16. The van der Waals surface area contributed by atoms with Crippen LogP contribution in [0.25, 0.3) is 28.5 Å². The SMILES string of the molecule is Cc1ccc(-c2nn(Cc3ccccc3)cc2/C=C/C(=O)Nc2ccc3c(n2)n(Cc2ccccc2)c(=O)n3Cc2ccccc2)cc1C. The van der Waals surface area contributed by atoms with Gasteiger partial charge in [-0.05, 0) is 65.9 Å². The monoisotopic (exact) mass is 644 g/mol. The van der Waals surface area contributed by atoms with Gasteiger partial charge in [0.2, 0.25) is 5.91 Å². The number of anilines is 1. The van der Waals surface area contributed by atoms with Gasteiger partial charge in [-0.2, -0.15) is 5.10 Å². The molecule has 3 heterocycles. The highest BCUT2D eigenvalue weighted by Gasteiger charge is 2.17. The largest absolute Gasteiger partial charge is 0.330 e. The molecule has 0 fully saturated rings. The predicted octanol–water partition coefficient (Wildman–Crippen LogP) is 7.48. The third-order valence-corrected chi connectivity index (χ3v) is 8.65. The van der Waals surface area contributed by atoms with Gasteiger partial charge in [0.15, 0.2) is 5.65 Å². The number of pyridine rings is 1. The molecule has 1 amide bonds. The maximum Gasteiger partial charge on any atom is 0.330 e. The van der Waals surface area contributed by atoms with Crippen molar-refractivity contribution in [1.29, 1.82) is 0 Å². The van der Waals surface area contributed by atoms with Gasteiger partial charge < -0.3 is 5.32 Å². The average Bonchev–Trinajstić information content (AvgIpc) is 3.63. The fraction of sp³-hybridized carbons (Fsp3) is 0.122. The number of hydrogen-bond donors (Lipinski definition) is 1. The van der Waals surface area contributed by atoms with E-state index in [1.54, 1.807) is 21.3 Å². The summed E-state index contributed by atoms with van der Waals surface area (Å²) >= 11 is 0. The summed E-state index contributed by atoms with van der Waals surface area (Å²) in [4.78, 5) is 31.9. The summed E-state index contributed by atoms with van der Waals surface area (Å²) in [5, 5.41) is 7.82. The van der Waals surface area contributed by atoms with Crippen LogP contribution in [0.3, 0.4) is 0 Å². The van der Waals surface area contributed by atoms with Gasteiger partial charge in [0.25, 0.3) is 0 Å². The Morgan fingerprint density at radius 1 is 0.714 bits per heavy atom. The fourth-order valence-corrected chi connectivity index (χ4v) is 5.94. The first-order valence-electron chi connectivity index (χ1n) is 16.3. The highest BCUT2D eigenvalue weighted by atomic mass is 16.2. The number of fused-ring (bicyclic) bond motifs is 1. The number of hydrogen-bond acceptors (Lipinski definition) is 4. The summed E-state index contributed by atoms with van der Waals surface area (Å²) in [6.07, 6.45) is 5.25. The molecule has 0 atom stereocenters. The molecule has 0 spiro atoms. The standard InChI is InChI=1S/C41H36N6O2/c1-29-18-19-34(24-30(29)2)39-35(28-45(44-39)25-31-12-6-3-7-13-31)20-23-38(48)42-37-22-21-36-40(43-37)47(27-33-16-10-5-11-17-33)41(49)46(36)26-32-14-8-4-9-15-32/h3-24,28H,25-27H2,1-2H3,(H,42,43,48)/b23-20+. The van der Waals surface area contributed by atoms with Gasteiger partial charge in [0, 0.05) is 23.4 Å². The van der Waals surface area contributed by atoms with E-state index in [1.165, 1.54) is 17.2 Å². The summed E-state index contributed by atoms with van der Waals surface area (Å²) in [7, 11) is 0. The second-order valence-electron chi connectivity index (χ2n) is 12.2. The number of rotatable bonds is 10. The van der Waals surface area contributed by atoms with Gasteiger partial charge >= 0.3 is 5.69 Å². The first kappa shape index (κ1) is 31.3. The predicted molar refractivity (Wildman–Crippen MR) is 195 cm³/mol. The van der Waals surface area contributed by atoms with Crippen LogP contribution in [0.4, 0.5) is 5.82 Å². The Morgan fingerprint density at radius 3 is 1.96 bits per heavy atom. The number of nitrogens with one attached hydrogen (secondary N) is 1. The molecule has 0 aliphatic carbocycles. The normalized spacial score (nSPS) is 11.4. The lowest BCUT2D eigenvalue weighted by molar-refractivity contribution is -0.111. The summed E-state index contributed by atoms with van der Waals surface area (Å²) in [6.45, 7) is 5.55. The van der Waals surface area contributed by atoms with Crippen molar-refractivity contribution in [2.45, 2.75) is 33.5 Å². The maximum atomic E-state index is 13.8. The molecule has 7 aromatic rings. The molecule has 0 aliphatic rings. The average molecular weight is 645 g/mol. The van der Waals surface area contributed by atoms with Crippen molar-refractivity contribution >= 4 is 29.0 Å². The zero-order chi connectivity index (χ0) is 33.7. The van der Waals surface area contributed by atoms with Gasteiger partial charge in [0.05, 0.1) is 30.8 Å². The van der Waals surface area contributed by atoms with Crippen molar-refractivity contribution in [3.8, 4) is 11.3 Å². The Morgan fingerprint density at radius 2 is 1.33 bits per heavy atom. The molecule has 3 aromatic heterocycles. The number of carbonyl (C=O) groups excluding carboxylic acids is 1. The third kappa shape index (κ3) is 7.04. The van der Waals surface area contributed by atoms with E-state index in [4.69, 9.17) is 10.1 Å². The summed E-state index contributed by atoms with van der Waals surface area (Å²) < 4.78 is 5.29. The summed E-state index contributed by atoms with van der Waals surface area (Å²) in [6, 6.07) is 39.7. The van der Waals surface area contributed by atoms with Crippen LogP contribution in [-0.2, 0) is 24.4 Å². The van der Waals surface area contributed by atoms with E-state index in [-0.39, 0.29) is 11.6 Å². The highest BCUT2D eigenvalue weighted by molar-refractivity contribution is 6.02. The molecule has 8 nitrogen and oxygen atoms in total. The number of carbonyl (C=O) groups is 1. The topological polar surface area (TPSA) is 86.7 Å². The molecule has 1 N–H and O–H groups in total. The smallest absolute Gasteiger partial charge is 0.307 e. The van der Waals surface area contributed by atoms with E-state index in [0.29, 0.717) is 36.6 Å². The number of imidazole rings is 1. The Hall–Kier alpha value is -6.28. The second-order valence-corrected chi connectivity index (χ2v) is 12.2. The Kier molecular flexibility index (Phi) is 8.84. The van der Waals surface area contributed by atoms with Crippen LogP contribution in [0.5, 0.6) is 0 Å². The number of nitrogens with zero attached hydrogens (tertiary/aromatic N) is 5. The first-order valence-corrected chi connectivity index (χ1v) is 16.3. The molecule has 242 valence electrons. The number of benzene rings is 4. The molecule has 8 heteroatoms. The second kappa shape index (κ2) is 13.8. The van der Waals surface area contributed by atoms with Gasteiger partial charge in [-0.3, -0.25) is 18.6 Å². The quantitative estimate of drug-likeness (QED) is 0.157. The zero-order valence-corrected chi connectivity index (χ0v) is 27.5. The lowest BCUT2D eigenvalue weighted by atomic mass is 10.0. The minimum atomic E-state index is -0.339. The molecule has 0 unspecified atom stereocenters. The lowest BCUT2D eigenvalue weighted by Crippen LogP contribution is -2.25. The Balaban J connectivity index is 1.18. The minimum absolute atomic E-state index is 0.162. The number of aromatic nitrogens is 5. The minimum Gasteiger partial charge on any atom is -0.307 e. The van der Waals surface area contributed by atoms with E-state index in [9.17, 15) is 9.59 Å². The Bertz CT molecular complexity index is 2340. The third-order valence-electron chi connectivity index (χ3n) is 8.65. The van der Waals surface area contributed by atoms with Crippen LogP contribution in [0, 0.1) is 13.8 Å². The molecule has 0 aliphatic heterocycles. The molecule has 49 heavy (non-hydrogen) atoms. The first-order chi connectivity index (χ1) is 23.9. The van der Waals surface area contributed by atoms with Gasteiger partial charge in [-0.25, -0.2) is 9.78 Å². The van der Waals surface area contributed by atoms with Crippen molar-refractivity contribution < 1.29 is 4.79 Å².